The molecule has 0 heterocycles. The highest BCUT2D eigenvalue weighted by atomic mass is 31.1. The number of hydrogen-bond acceptors (Lipinski definition) is 4. The van der Waals surface area contributed by atoms with Crippen molar-refractivity contribution in [1.29, 1.82) is 0 Å². The van der Waals surface area contributed by atoms with Gasteiger partial charge in [0, 0.05) is 6.42 Å². The molecule has 2 atom stereocenters. The summed E-state index contributed by atoms with van der Waals surface area (Å²) in [6.45, 7) is 1.53. The minimum absolute atomic E-state index is 0.161. The third-order valence-corrected chi connectivity index (χ3v) is 6.01. The van der Waals surface area contributed by atoms with Crippen molar-refractivity contribution in [1.82, 2.24) is 0 Å². The number of carboxylic acid groups (broad SMARTS) is 1. The summed E-state index contributed by atoms with van der Waals surface area (Å²) in [4.78, 5) is 22.8. The Balaban J connectivity index is 3.48. The van der Waals surface area contributed by atoms with Gasteiger partial charge >= 0.3 is 5.97 Å². The largest absolute Gasteiger partial charge is 0.480 e. The Morgan fingerprint density at radius 1 is 0.889 bits per heavy atom. The zero-order chi connectivity index (χ0) is 20.4. The lowest BCUT2D eigenvalue weighted by molar-refractivity contribution is -0.141. The lowest BCUT2D eigenvalue weighted by Crippen LogP contribution is -2.47. The van der Waals surface area contributed by atoms with Crippen molar-refractivity contribution in [3.8, 4) is 0 Å². The number of aliphatic hydroxyl groups is 1. The van der Waals surface area contributed by atoms with Crippen LogP contribution >= 0.6 is 8.58 Å². The van der Waals surface area contributed by atoms with E-state index in [1.807, 2.05) is 0 Å². The summed E-state index contributed by atoms with van der Waals surface area (Å²) >= 11 is 0. The van der Waals surface area contributed by atoms with Gasteiger partial charge in [0.1, 0.15) is 0 Å². The summed E-state index contributed by atoms with van der Waals surface area (Å²) in [6, 6.07) is 0. The van der Waals surface area contributed by atoms with E-state index in [0.717, 1.165) is 32.1 Å². The molecule has 1 unspecified atom stereocenters. The fourth-order valence-electron chi connectivity index (χ4n) is 2.83. The topological polar surface area (TPSA) is 101 Å². The Hall–Kier alpha value is -0.770. The number of nitrogens with two attached hydrogens (primary N) is 1. The van der Waals surface area contributed by atoms with Gasteiger partial charge in [-0.3, -0.25) is 4.79 Å². The summed E-state index contributed by atoms with van der Waals surface area (Å²) in [5.41, 5.74) is 5.37. The Labute approximate surface area is 167 Å². The van der Waals surface area contributed by atoms with E-state index in [0.29, 0.717) is 6.42 Å². The molecular formula is C21H40NO4P. The van der Waals surface area contributed by atoms with E-state index in [1.54, 1.807) is 0 Å². The van der Waals surface area contributed by atoms with Crippen molar-refractivity contribution in [3.63, 3.8) is 0 Å². The highest BCUT2D eigenvalue weighted by molar-refractivity contribution is 7.60. The molecule has 0 aliphatic heterocycles. The fraction of sp³-hybridized carbons (Fsp3) is 0.810. The van der Waals surface area contributed by atoms with Gasteiger partial charge in [-0.1, -0.05) is 70.4 Å². The molecule has 6 heteroatoms. The van der Waals surface area contributed by atoms with E-state index in [1.165, 1.54) is 51.4 Å². The Morgan fingerprint density at radius 3 is 1.85 bits per heavy atom. The van der Waals surface area contributed by atoms with Gasteiger partial charge in [-0.05, 0) is 40.7 Å². The first-order valence-corrected chi connectivity index (χ1v) is 11.6. The van der Waals surface area contributed by atoms with Gasteiger partial charge in [0.15, 0.2) is 10.8 Å². The van der Waals surface area contributed by atoms with Crippen LogP contribution in [0.4, 0.5) is 0 Å². The maximum absolute atomic E-state index is 11.8. The van der Waals surface area contributed by atoms with E-state index in [2.05, 4.69) is 19.1 Å². The molecule has 4 N–H and O–H groups in total. The second-order valence-electron chi connectivity index (χ2n) is 7.32. The van der Waals surface area contributed by atoms with Crippen LogP contribution in [0.2, 0.25) is 0 Å². The molecule has 158 valence electrons. The SMILES string of the molecule is CCCCCCCCC=CCCCCCCCC(=O)P[C@](N)(CO)C(=O)O. The molecule has 0 rings (SSSR count). The molecule has 0 aliphatic carbocycles. The molecule has 27 heavy (non-hydrogen) atoms. The van der Waals surface area contributed by atoms with Crippen LogP contribution in [0.3, 0.4) is 0 Å². The van der Waals surface area contributed by atoms with E-state index < -0.39 is 26.4 Å². The lowest BCUT2D eigenvalue weighted by Gasteiger charge is -2.20. The number of carboxylic acids is 1. The monoisotopic (exact) mass is 401 g/mol. The first-order chi connectivity index (χ1) is 13.0. The second kappa shape index (κ2) is 17.3. The second-order valence-corrected chi connectivity index (χ2v) is 9.02. The van der Waals surface area contributed by atoms with Crippen LogP contribution in [0.25, 0.3) is 0 Å². The quantitative estimate of drug-likeness (QED) is 0.161. The van der Waals surface area contributed by atoms with Crippen LogP contribution in [0, 0.1) is 0 Å². The Morgan fingerprint density at radius 2 is 1.37 bits per heavy atom. The summed E-state index contributed by atoms with van der Waals surface area (Å²) < 4.78 is 0. The minimum atomic E-state index is -1.81. The molecule has 5 nitrogen and oxygen atoms in total. The lowest BCUT2D eigenvalue weighted by atomic mass is 10.1. The predicted octanol–water partition coefficient (Wildman–Crippen LogP) is 4.96. The van der Waals surface area contributed by atoms with Crippen molar-refractivity contribution in [3.05, 3.63) is 12.2 Å². The predicted molar refractivity (Wildman–Crippen MR) is 114 cm³/mol. The molecule has 0 saturated heterocycles. The van der Waals surface area contributed by atoms with E-state index in [-0.39, 0.29) is 5.52 Å². The molecule has 0 aliphatic rings. The number of allylic oxidation sites excluding steroid dienone is 2. The number of aliphatic carboxylic acids is 1. The number of carbonyl (C=O) groups excluding carboxylic acids is 1. The standard InChI is InChI=1S/C21H40NO4P/c1-2-3-4-5-6-7-8-9-10-11-12-13-14-15-16-17-19(24)27-21(22,18-23)20(25)26/h9-10,23,27H,2-8,11-18,22H2,1H3,(H,25,26)/t21-/m1/s1. The van der Waals surface area contributed by atoms with Gasteiger partial charge in [-0.25, -0.2) is 4.79 Å². The van der Waals surface area contributed by atoms with Crippen LogP contribution in [0.1, 0.15) is 96.8 Å². The Kier molecular flexibility index (Phi) is 16.8. The van der Waals surface area contributed by atoms with Crippen molar-refractivity contribution in [2.75, 3.05) is 6.61 Å². The zero-order valence-corrected chi connectivity index (χ0v) is 18.0. The summed E-state index contributed by atoms with van der Waals surface area (Å²) in [5, 5.41) is 16.2. The molecule has 0 fully saturated rings. The van der Waals surface area contributed by atoms with Crippen LogP contribution in [0.5, 0.6) is 0 Å². The van der Waals surface area contributed by atoms with E-state index in [4.69, 9.17) is 15.9 Å². The number of rotatable bonds is 19. The molecule has 0 amide bonds. The van der Waals surface area contributed by atoms with E-state index >= 15 is 0 Å². The maximum atomic E-state index is 11.8. The number of aliphatic hydroxyl groups excluding tert-OH is 1. The van der Waals surface area contributed by atoms with Crippen LogP contribution in [-0.2, 0) is 9.59 Å². The van der Waals surface area contributed by atoms with Gasteiger partial charge in [-0.15, -0.1) is 0 Å². The number of unbranched alkanes of at least 4 members (excludes halogenated alkanes) is 11. The molecule has 0 aromatic rings. The molecule has 0 aromatic carbocycles. The van der Waals surface area contributed by atoms with Gasteiger partial charge in [-0.2, -0.15) is 0 Å². The van der Waals surface area contributed by atoms with Gasteiger partial charge in [0.25, 0.3) is 0 Å². The zero-order valence-electron chi connectivity index (χ0n) is 17.0. The highest BCUT2D eigenvalue weighted by Gasteiger charge is 2.35. The third kappa shape index (κ3) is 14.9. The first kappa shape index (κ1) is 26.2. The summed E-state index contributed by atoms with van der Waals surface area (Å²) in [6.07, 6.45) is 20.5. The number of carbonyl (C=O) groups is 2. The van der Waals surface area contributed by atoms with Crippen LogP contribution in [-0.4, -0.2) is 33.6 Å². The average molecular weight is 402 g/mol. The third-order valence-electron chi connectivity index (χ3n) is 4.66. The average Bonchev–Trinajstić information content (AvgIpc) is 2.64. The minimum Gasteiger partial charge on any atom is -0.480 e. The van der Waals surface area contributed by atoms with Crippen molar-refractivity contribution in [2.24, 2.45) is 5.73 Å². The summed E-state index contributed by atoms with van der Waals surface area (Å²) in [5.74, 6) is -1.32. The molecular weight excluding hydrogens is 361 g/mol. The van der Waals surface area contributed by atoms with Crippen LogP contribution in [0.15, 0.2) is 12.2 Å². The normalized spacial score (nSPS) is 14.2. The van der Waals surface area contributed by atoms with Crippen LogP contribution < -0.4 is 5.73 Å². The molecule has 0 bridgehead atoms. The van der Waals surface area contributed by atoms with Gasteiger partial charge < -0.3 is 15.9 Å². The van der Waals surface area contributed by atoms with Crippen molar-refractivity contribution >= 4 is 20.1 Å². The maximum Gasteiger partial charge on any atom is 0.330 e. The molecule has 0 aromatic heterocycles. The smallest absolute Gasteiger partial charge is 0.330 e. The highest BCUT2D eigenvalue weighted by Crippen LogP contribution is 2.29. The van der Waals surface area contributed by atoms with Gasteiger partial charge in [0.05, 0.1) is 6.61 Å². The van der Waals surface area contributed by atoms with Crippen molar-refractivity contribution < 1.29 is 19.8 Å². The summed E-state index contributed by atoms with van der Waals surface area (Å²) in [7, 11) is -0.578. The Bertz CT molecular complexity index is 428. The molecule has 0 saturated carbocycles. The van der Waals surface area contributed by atoms with E-state index in [9.17, 15) is 9.59 Å². The molecule has 0 spiro atoms. The number of hydrogen-bond donors (Lipinski definition) is 3. The van der Waals surface area contributed by atoms with Crippen molar-refractivity contribution in [2.45, 2.75) is 102 Å². The fourth-order valence-corrected chi connectivity index (χ4v) is 3.81. The van der Waals surface area contributed by atoms with Gasteiger partial charge in [0.2, 0.25) is 0 Å². The molecule has 0 radical (unpaired) electrons. The first-order valence-electron chi connectivity index (χ1n) is 10.6.